The molecule has 0 spiro atoms. The van der Waals surface area contributed by atoms with Crippen LogP contribution < -0.4 is 5.56 Å². The molecule has 0 bridgehead atoms. The number of thiophene rings is 1. The Labute approximate surface area is 140 Å². The molecule has 1 atom stereocenters. The van der Waals surface area contributed by atoms with E-state index in [1.165, 1.54) is 5.57 Å². The molecule has 5 nitrogen and oxygen atoms in total. The molecule has 1 aliphatic rings. The summed E-state index contributed by atoms with van der Waals surface area (Å²) in [6, 6.07) is 0.0927. The van der Waals surface area contributed by atoms with Gasteiger partial charge in [-0.1, -0.05) is 6.08 Å². The average molecular weight is 333 g/mol. The highest BCUT2D eigenvalue weighted by atomic mass is 32.1. The number of ether oxygens (including phenoxy) is 1. The molecule has 3 rings (SSSR count). The van der Waals surface area contributed by atoms with Crippen LogP contribution in [0.5, 0.6) is 0 Å². The van der Waals surface area contributed by atoms with Gasteiger partial charge in [-0.2, -0.15) is 0 Å². The van der Waals surface area contributed by atoms with Crippen molar-refractivity contribution in [1.82, 2.24) is 14.9 Å². The molecule has 3 heterocycles. The van der Waals surface area contributed by atoms with Crippen molar-refractivity contribution < 1.29 is 4.74 Å². The van der Waals surface area contributed by atoms with Crippen LogP contribution in [0.3, 0.4) is 0 Å². The van der Waals surface area contributed by atoms with E-state index in [0.29, 0.717) is 6.61 Å². The molecule has 2 aromatic rings. The first-order valence-electron chi connectivity index (χ1n) is 7.92. The highest BCUT2D eigenvalue weighted by molar-refractivity contribution is 7.18. The molecule has 0 fully saturated rings. The number of fused-ring (bicyclic) bond motifs is 1. The molecule has 6 heteroatoms. The number of methoxy groups -OCH3 is 1. The van der Waals surface area contributed by atoms with Crippen molar-refractivity contribution in [2.24, 2.45) is 0 Å². The standard InChI is InChI=1S/C17H23N3O2S/c1-10-12(3)23-17-14(10)16(21)18-15(19-17)11(2)20-7-5-13(6-8-20)9-22-4/h5,11H,6-9H2,1-4H3,(H,18,19,21). The lowest BCUT2D eigenvalue weighted by Gasteiger charge is -2.31. The van der Waals surface area contributed by atoms with Crippen LogP contribution in [0.2, 0.25) is 0 Å². The summed E-state index contributed by atoms with van der Waals surface area (Å²) in [4.78, 5) is 24.5. The molecular weight excluding hydrogens is 310 g/mol. The first-order chi connectivity index (χ1) is 11.0. The Morgan fingerprint density at radius 3 is 2.91 bits per heavy atom. The topological polar surface area (TPSA) is 58.2 Å². The highest BCUT2D eigenvalue weighted by Gasteiger charge is 2.22. The maximum Gasteiger partial charge on any atom is 0.259 e. The summed E-state index contributed by atoms with van der Waals surface area (Å²) in [5, 5.41) is 0.740. The van der Waals surface area contributed by atoms with E-state index < -0.39 is 0 Å². The normalized spacial score (nSPS) is 17.5. The van der Waals surface area contributed by atoms with Gasteiger partial charge in [0, 0.05) is 25.1 Å². The summed E-state index contributed by atoms with van der Waals surface area (Å²) in [7, 11) is 1.73. The van der Waals surface area contributed by atoms with Gasteiger partial charge in [0.2, 0.25) is 0 Å². The Balaban J connectivity index is 1.87. The predicted molar refractivity (Wildman–Crippen MR) is 94.3 cm³/mol. The summed E-state index contributed by atoms with van der Waals surface area (Å²) in [6.07, 6.45) is 3.22. The van der Waals surface area contributed by atoms with Gasteiger partial charge >= 0.3 is 0 Å². The van der Waals surface area contributed by atoms with E-state index in [1.54, 1.807) is 18.4 Å². The number of nitrogens with one attached hydrogen (secondary N) is 1. The number of rotatable bonds is 4. The van der Waals surface area contributed by atoms with Gasteiger partial charge in [0.15, 0.2) is 0 Å². The van der Waals surface area contributed by atoms with E-state index in [-0.39, 0.29) is 11.6 Å². The van der Waals surface area contributed by atoms with Crippen LogP contribution in [-0.2, 0) is 4.74 Å². The maximum atomic E-state index is 12.4. The molecule has 1 N–H and O–H groups in total. The Morgan fingerprint density at radius 2 is 2.26 bits per heavy atom. The third kappa shape index (κ3) is 3.11. The minimum Gasteiger partial charge on any atom is -0.380 e. The lowest BCUT2D eigenvalue weighted by molar-refractivity contribution is 0.192. The van der Waals surface area contributed by atoms with Gasteiger partial charge in [-0.25, -0.2) is 4.98 Å². The molecular formula is C17H23N3O2S. The molecule has 0 radical (unpaired) electrons. The molecule has 2 aromatic heterocycles. The fourth-order valence-corrected chi connectivity index (χ4v) is 4.07. The van der Waals surface area contributed by atoms with Crippen LogP contribution in [0, 0.1) is 13.8 Å². The van der Waals surface area contributed by atoms with Crippen LogP contribution in [0.4, 0.5) is 0 Å². The SMILES string of the molecule is COCC1=CCN(C(C)c2nc3sc(C)c(C)c3c(=O)[nH]2)CC1. The summed E-state index contributed by atoms with van der Waals surface area (Å²) < 4.78 is 5.19. The number of nitrogens with zero attached hydrogens (tertiary/aromatic N) is 2. The molecule has 23 heavy (non-hydrogen) atoms. The lowest BCUT2D eigenvalue weighted by Crippen LogP contribution is -2.33. The van der Waals surface area contributed by atoms with E-state index in [4.69, 9.17) is 9.72 Å². The summed E-state index contributed by atoms with van der Waals surface area (Å²) in [5.74, 6) is 0.757. The van der Waals surface area contributed by atoms with Crippen molar-refractivity contribution in [2.75, 3.05) is 26.8 Å². The number of aryl methyl sites for hydroxylation is 2. The third-order valence-corrected chi connectivity index (χ3v) is 5.77. The fraction of sp³-hybridized carbons (Fsp3) is 0.529. The number of aromatic amines is 1. The zero-order chi connectivity index (χ0) is 16.6. The van der Waals surface area contributed by atoms with Crippen LogP contribution in [0.25, 0.3) is 10.2 Å². The van der Waals surface area contributed by atoms with Crippen molar-refractivity contribution in [3.05, 3.63) is 38.3 Å². The third-order valence-electron chi connectivity index (χ3n) is 4.67. The first kappa shape index (κ1) is 16.4. The second-order valence-corrected chi connectivity index (χ2v) is 7.33. The van der Waals surface area contributed by atoms with Crippen molar-refractivity contribution in [3.63, 3.8) is 0 Å². The van der Waals surface area contributed by atoms with Gasteiger partial charge in [0.05, 0.1) is 18.0 Å². The summed E-state index contributed by atoms with van der Waals surface area (Å²) in [5.41, 5.74) is 2.37. The van der Waals surface area contributed by atoms with Crippen LogP contribution >= 0.6 is 11.3 Å². The van der Waals surface area contributed by atoms with E-state index in [9.17, 15) is 4.79 Å². The Kier molecular flexibility index (Phi) is 4.66. The molecule has 0 saturated heterocycles. The number of hydrogen-bond acceptors (Lipinski definition) is 5. The highest BCUT2D eigenvalue weighted by Crippen LogP contribution is 2.28. The largest absolute Gasteiger partial charge is 0.380 e. The van der Waals surface area contributed by atoms with Crippen molar-refractivity contribution in [3.8, 4) is 0 Å². The van der Waals surface area contributed by atoms with Crippen LogP contribution in [0.15, 0.2) is 16.4 Å². The molecule has 0 saturated carbocycles. The zero-order valence-corrected chi connectivity index (χ0v) is 14.9. The van der Waals surface area contributed by atoms with Gasteiger partial charge < -0.3 is 9.72 Å². The second-order valence-electron chi connectivity index (χ2n) is 6.13. The molecule has 0 amide bonds. The molecule has 1 aliphatic heterocycles. The predicted octanol–water partition coefficient (Wildman–Crippen LogP) is 2.94. The maximum absolute atomic E-state index is 12.4. The quantitative estimate of drug-likeness (QED) is 0.874. The van der Waals surface area contributed by atoms with Crippen molar-refractivity contribution >= 4 is 21.6 Å². The lowest BCUT2D eigenvalue weighted by atomic mass is 10.1. The minimum absolute atomic E-state index is 0.0219. The average Bonchev–Trinajstić information content (AvgIpc) is 2.82. The molecule has 0 aromatic carbocycles. The van der Waals surface area contributed by atoms with Crippen LogP contribution in [0.1, 0.15) is 35.7 Å². The van der Waals surface area contributed by atoms with Crippen molar-refractivity contribution in [1.29, 1.82) is 0 Å². The zero-order valence-electron chi connectivity index (χ0n) is 14.1. The Bertz CT molecular complexity index is 806. The van der Waals surface area contributed by atoms with Gasteiger partial charge in [-0.3, -0.25) is 9.69 Å². The van der Waals surface area contributed by atoms with Crippen LogP contribution in [-0.4, -0.2) is 41.7 Å². The Morgan fingerprint density at radius 1 is 1.48 bits per heavy atom. The van der Waals surface area contributed by atoms with Gasteiger partial charge in [0.25, 0.3) is 5.56 Å². The van der Waals surface area contributed by atoms with Crippen molar-refractivity contribution in [2.45, 2.75) is 33.2 Å². The van der Waals surface area contributed by atoms with E-state index in [0.717, 1.165) is 46.0 Å². The first-order valence-corrected chi connectivity index (χ1v) is 8.73. The monoisotopic (exact) mass is 333 g/mol. The fourth-order valence-electron chi connectivity index (χ4n) is 3.04. The number of H-pyrrole nitrogens is 1. The summed E-state index contributed by atoms with van der Waals surface area (Å²) in [6.45, 7) is 8.66. The smallest absolute Gasteiger partial charge is 0.259 e. The molecule has 124 valence electrons. The van der Waals surface area contributed by atoms with E-state index in [2.05, 4.69) is 22.9 Å². The second kappa shape index (κ2) is 6.55. The Hall–Kier alpha value is -1.50. The van der Waals surface area contributed by atoms with E-state index in [1.807, 2.05) is 13.8 Å². The minimum atomic E-state index is -0.0219. The van der Waals surface area contributed by atoms with E-state index >= 15 is 0 Å². The van der Waals surface area contributed by atoms with Gasteiger partial charge in [-0.15, -0.1) is 11.3 Å². The van der Waals surface area contributed by atoms with Gasteiger partial charge in [-0.05, 0) is 38.3 Å². The number of aromatic nitrogens is 2. The molecule has 1 unspecified atom stereocenters. The molecule has 0 aliphatic carbocycles. The van der Waals surface area contributed by atoms with Gasteiger partial charge in [0.1, 0.15) is 10.7 Å². The number of hydrogen-bond donors (Lipinski definition) is 1. The summed E-state index contributed by atoms with van der Waals surface area (Å²) >= 11 is 1.60.